The molecule has 0 heterocycles. The number of methoxy groups -OCH3 is 1. The van der Waals surface area contributed by atoms with Crippen molar-refractivity contribution < 1.29 is 18.7 Å². The Balaban J connectivity index is 1.41. The fourth-order valence-corrected chi connectivity index (χ4v) is 3.73. The van der Waals surface area contributed by atoms with Crippen molar-refractivity contribution in [2.24, 2.45) is 11.8 Å². The number of nitrogens with one attached hydrogen (secondary N) is 2. The van der Waals surface area contributed by atoms with E-state index in [2.05, 4.69) is 10.6 Å². The summed E-state index contributed by atoms with van der Waals surface area (Å²) >= 11 is 0. The maximum Gasteiger partial charge on any atom is 0.223 e. The minimum absolute atomic E-state index is 0.00204. The van der Waals surface area contributed by atoms with Gasteiger partial charge in [-0.15, -0.1) is 0 Å². The Morgan fingerprint density at radius 2 is 1.45 bits per heavy atom. The number of hydrogen-bond donors (Lipinski definition) is 2. The molecule has 154 valence electrons. The average Bonchev–Trinajstić information content (AvgIpc) is 2.77. The molecule has 0 aliphatic heterocycles. The molecule has 1 saturated carbocycles. The van der Waals surface area contributed by atoms with Gasteiger partial charge in [-0.2, -0.15) is 0 Å². The molecule has 29 heavy (non-hydrogen) atoms. The molecule has 5 nitrogen and oxygen atoms in total. The van der Waals surface area contributed by atoms with Crippen LogP contribution in [0.3, 0.4) is 0 Å². The highest BCUT2D eigenvalue weighted by Crippen LogP contribution is 2.29. The number of carbonyl (C=O) groups excluding carboxylic acids is 2. The summed E-state index contributed by atoms with van der Waals surface area (Å²) in [7, 11) is 1.61. The van der Waals surface area contributed by atoms with Crippen LogP contribution in [0.2, 0.25) is 0 Å². The van der Waals surface area contributed by atoms with Crippen LogP contribution in [0.25, 0.3) is 0 Å². The molecule has 1 fully saturated rings. The second kappa shape index (κ2) is 10.0. The van der Waals surface area contributed by atoms with E-state index in [0.29, 0.717) is 38.8 Å². The number of halogens is 1. The maximum atomic E-state index is 12.9. The van der Waals surface area contributed by atoms with E-state index in [9.17, 15) is 14.0 Å². The van der Waals surface area contributed by atoms with Crippen molar-refractivity contribution >= 4 is 11.8 Å². The summed E-state index contributed by atoms with van der Waals surface area (Å²) in [5, 5.41) is 5.90. The standard InChI is InChI=1S/C23H27FN2O3/c1-29-21-5-3-2-4-19(21)15-26-23(28)18-10-8-17(9-11-18)22(27)25-14-16-6-12-20(24)13-7-16/h2-7,12-13,17-18H,8-11,14-15H2,1H3,(H,25,27)(H,26,28). The van der Waals surface area contributed by atoms with Crippen LogP contribution in [0.5, 0.6) is 5.75 Å². The summed E-state index contributed by atoms with van der Waals surface area (Å²) in [6.45, 7) is 0.819. The molecule has 0 atom stereocenters. The van der Waals surface area contributed by atoms with Gasteiger partial charge in [0.1, 0.15) is 11.6 Å². The molecule has 0 spiro atoms. The van der Waals surface area contributed by atoms with Gasteiger partial charge in [-0.05, 0) is 49.4 Å². The lowest BCUT2D eigenvalue weighted by atomic mass is 9.81. The molecule has 2 aromatic rings. The Bertz CT molecular complexity index is 830. The zero-order chi connectivity index (χ0) is 20.6. The molecule has 0 unspecified atom stereocenters. The molecule has 2 N–H and O–H groups in total. The van der Waals surface area contributed by atoms with Gasteiger partial charge in [0.15, 0.2) is 0 Å². The number of rotatable bonds is 7. The van der Waals surface area contributed by atoms with Gasteiger partial charge in [-0.3, -0.25) is 9.59 Å². The summed E-state index contributed by atoms with van der Waals surface area (Å²) in [6.07, 6.45) is 2.79. The van der Waals surface area contributed by atoms with Gasteiger partial charge in [0.25, 0.3) is 0 Å². The summed E-state index contributed by atoms with van der Waals surface area (Å²) in [5.74, 6) is 0.361. The predicted molar refractivity (Wildman–Crippen MR) is 109 cm³/mol. The van der Waals surface area contributed by atoms with E-state index in [4.69, 9.17) is 4.74 Å². The molecule has 2 aromatic carbocycles. The van der Waals surface area contributed by atoms with Crippen LogP contribution in [0.15, 0.2) is 48.5 Å². The van der Waals surface area contributed by atoms with Gasteiger partial charge in [-0.25, -0.2) is 4.39 Å². The lowest BCUT2D eigenvalue weighted by Crippen LogP contribution is -2.37. The number of ether oxygens (including phenoxy) is 1. The highest BCUT2D eigenvalue weighted by atomic mass is 19.1. The third-order valence-corrected chi connectivity index (χ3v) is 5.49. The van der Waals surface area contributed by atoms with E-state index in [1.54, 1.807) is 19.2 Å². The molecule has 0 saturated heterocycles. The third-order valence-electron chi connectivity index (χ3n) is 5.49. The highest BCUT2D eigenvalue weighted by Gasteiger charge is 2.29. The van der Waals surface area contributed by atoms with E-state index in [-0.39, 0.29) is 29.5 Å². The molecular formula is C23H27FN2O3. The largest absolute Gasteiger partial charge is 0.496 e. The third kappa shape index (κ3) is 5.79. The summed E-state index contributed by atoms with van der Waals surface area (Å²) < 4.78 is 18.3. The molecule has 2 amide bonds. The van der Waals surface area contributed by atoms with Crippen molar-refractivity contribution in [3.63, 3.8) is 0 Å². The number of carbonyl (C=O) groups is 2. The van der Waals surface area contributed by atoms with Crippen molar-refractivity contribution in [1.29, 1.82) is 0 Å². The second-order valence-electron chi connectivity index (χ2n) is 7.42. The first-order valence-corrected chi connectivity index (χ1v) is 9.98. The Hall–Kier alpha value is -2.89. The molecule has 1 aliphatic rings. The fraction of sp³-hybridized carbons (Fsp3) is 0.391. The smallest absolute Gasteiger partial charge is 0.223 e. The zero-order valence-electron chi connectivity index (χ0n) is 16.6. The molecule has 1 aliphatic carbocycles. The summed E-state index contributed by atoms with van der Waals surface area (Å²) in [6, 6.07) is 13.7. The Kier molecular flexibility index (Phi) is 7.22. The first kappa shape index (κ1) is 20.8. The number of amides is 2. The highest BCUT2D eigenvalue weighted by molar-refractivity contribution is 5.81. The molecular weight excluding hydrogens is 371 g/mol. The molecule has 6 heteroatoms. The lowest BCUT2D eigenvalue weighted by Gasteiger charge is -2.27. The van der Waals surface area contributed by atoms with Gasteiger partial charge < -0.3 is 15.4 Å². The number of benzene rings is 2. The molecule has 0 radical (unpaired) electrons. The van der Waals surface area contributed by atoms with Gasteiger partial charge in [0.2, 0.25) is 11.8 Å². The van der Waals surface area contributed by atoms with Gasteiger partial charge >= 0.3 is 0 Å². The van der Waals surface area contributed by atoms with Crippen LogP contribution in [0.1, 0.15) is 36.8 Å². The first-order chi connectivity index (χ1) is 14.1. The zero-order valence-corrected chi connectivity index (χ0v) is 16.6. The van der Waals surface area contributed by atoms with Crippen LogP contribution in [-0.4, -0.2) is 18.9 Å². The Morgan fingerprint density at radius 3 is 2.03 bits per heavy atom. The Morgan fingerprint density at radius 1 is 0.897 bits per heavy atom. The second-order valence-corrected chi connectivity index (χ2v) is 7.42. The van der Waals surface area contributed by atoms with Gasteiger partial charge in [0.05, 0.1) is 7.11 Å². The lowest BCUT2D eigenvalue weighted by molar-refractivity contribution is -0.130. The topological polar surface area (TPSA) is 67.4 Å². The Labute approximate surface area is 170 Å². The van der Waals surface area contributed by atoms with E-state index in [0.717, 1.165) is 16.9 Å². The van der Waals surface area contributed by atoms with Gasteiger partial charge in [0, 0.05) is 30.5 Å². The van der Waals surface area contributed by atoms with Crippen molar-refractivity contribution in [3.8, 4) is 5.75 Å². The summed E-state index contributed by atoms with van der Waals surface area (Å²) in [5.41, 5.74) is 1.81. The number of hydrogen-bond acceptors (Lipinski definition) is 3. The first-order valence-electron chi connectivity index (χ1n) is 9.98. The number of para-hydroxylation sites is 1. The molecule has 0 aromatic heterocycles. The maximum absolute atomic E-state index is 12.9. The predicted octanol–water partition coefficient (Wildman–Crippen LogP) is 3.57. The van der Waals surface area contributed by atoms with Crippen LogP contribution >= 0.6 is 0 Å². The van der Waals surface area contributed by atoms with Crippen LogP contribution in [0, 0.1) is 17.7 Å². The summed E-state index contributed by atoms with van der Waals surface area (Å²) in [4.78, 5) is 24.9. The van der Waals surface area contributed by atoms with Crippen molar-refractivity contribution in [2.45, 2.75) is 38.8 Å². The van der Waals surface area contributed by atoms with E-state index in [1.165, 1.54) is 12.1 Å². The van der Waals surface area contributed by atoms with Crippen molar-refractivity contribution in [2.75, 3.05) is 7.11 Å². The quantitative estimate of drug-likeness (QED) is 0.749. The van der Waals surface area contributed by atoms with Crippen LogP contribution < -0.4 is 15.4 Å². The van der Waals surface area contributed by atoms with Crippen LogP contribution in [0.4, 0.5) is 4.39 Å². The van der Waals surface area contributed by atoms with Gasteiger partial charge in [-0.1, -0.05) is 30.3 Å². The SMILES string of the molecule is COc1ccccc1CNC(=O)C1CCC(C(=O)NCc2ccc(F)cc2)CC1. The fourth-order valence-electron chi connectivity index (χ4n) is 3.73. The van der Waals surface area contributed by atoms with E-state index in [1.807, 2.05) is 24.3 Å². The average molecular weight is 398 g/mol. The van der Waals surface area contributed by atoms with E-state index >= 15 is 0 Å². The normalized spacial score (nSPS) is 18.7. The van der Waals surface area contributed by atoms with Crippen LogP contribution in [-0.2, 0) is 22.7 Å². The minimum atomic E-state index is -0.289. The molecule has 0 bridgehead atoms. The minimum Gasteiger partial charge on any atom is -0.496 e. The van der Waals surface area contributed by atoms with Crippen molar-refractivity contribution in [1.82, 2.24) is 10.6 Å². The molecule has 3 rings (SSSR count). The van der Waals surface area contributed by atoms with Crippen molar-refractivity contribution in [3.05, 3.63) is 65.5 Å². The monoisotopic (exact) mass is 398 g/mol. The van der Waals surface area contributed by atoms with E-state index < -0.39 is 0 Å².